The van der Waals surface area contributed by atoms with E-state index >= 15 is 0 Å². The fourth-order valence-electron chi connectivity index (χ4n) is 4.80. The van der Waals surface area contributed by atoms with Crippen LogP contribution in [-0.2, 0) is 6.42 Å². The molecule has 0 aliphatic carbocycles. The summed E-state index contributed by atoms with van der Waals surface area (Å²) >= 11 is 0. The zero-order valence-corrected chi connectivity index (χ0v) is 16.0. The van der Waals surface area contributed by atoms with E-state index in [1.165, 1.54) is 31.5 Å². The van der Waals surface area contributed by atoms with Crippen molar-refractivity contribution in [2.45, 2.75) is 25.3 Å². The summed E-state index contributed by atoms with van der Waals surface area (Å²) in [5.41, 5.74) is 2.32. The molecule has 3 saturated heterocycles. The Kier molecular flexibility index (Phi) is 5.02. The number of benzene rings is 2. The monoisotopic (exact) mass is 381 g/mol. The van der Waals surface area contributed by atoms with Crippen LogP contribution in [0.1, 0.15) is 30.1 Å². The quantitative estimate of drug-likeness (QED) is 0.622. The molecule has 0 saturated carbocycles. The number of halogens is 1. The average Bonchev–Trinajstić information content (AvgIpc) is 2.72. The molecule has 5 heteroatoms. The molecule has 1 aromatic heterocycles. The minimum Gasteiger partial charge on any atom is -1.00 e. The lowest BCUT2D eigenvalue weighted by atomic mass is 9.84. The molecule has 3 aliphatic rings. The second-order valence-electron chi connectivity index (χ2n) is 7.76. The van der Waals surface area contributed by atoms with Crippen LogP contribution in [0.2, 0.25) is 0 Å². The van der Waals surface area contributed by atoms with Gasteiger partial charge in [-0.3, -0.25) is 4.79 Å². The molecule has 2 bridgehead atoms. The first kappa shape index (κ1) is 18.2. The van der Waals surface area contributed by atoms with E-state index in [0.29, 0.717) is 5.92 Å². The van der Waals surface area contributed by atoms with Crippen molar-refractivity contribution in [3.05, 3.63) is 76.2 Å². The maximum Gasteiger partial charge on any atom is 0.275 e. The standard InChI is InChI=1S/C22H23N3O.ClH/c26-22-19-9-5-4-8-18(19)20(14-16-6-2-1-3-7-16)23-25(22)21-15-24-12-10-17(21)11-13-24;/h1-9,17,21H,10-15H2;1H. The molecule has 3 fully saturated rings. The van der Waals surface area contributed by atoms with E-state index in [4.69, 9.17) is 5.10 Å². The first-order valence-corrected chi connectivity index (χ1v) is 9.67. The van der Waals surface area contributed by atoms with Crippen molar-refractivity contribution in [3.63, 3.8) is 0 Å². The molecule has 1 atom stereocenters. The molecule has 140 valence electrons. The Morgan fingerprint density at radius 2 is 1.63 bits per heavy atom. The summed E-state index contributed by atoms with van der Waals surface area (Å²) in [4.78, 5) is 14.8. The van der Waals surface area contributed by atoms with Gasteiger partial charge in [0.15, 0.2) is 0 Å². The number of hydrogen-bond donors (Lipinski definition) is 1. The SMILES string of the molecule is O=c1c2ccccc2c(Cc2ccccc2)nn1C1C[NH+]2CCC1CC2.[Cl-]. The number of nitrogens with zero attached hydrogens (tertiary/aromatic N) is 2. The first-order valence-electron chi connectivity index (χ1n) is 9.67. The number of aromatic nitrogens is 2. The average molecular weight is 382 g/mol. The Hall–Kier alpha value is -2.17. The second kappa shape index (κ2) is 7.45. The van der Waals surface area contributed by atoms with E-state index < -0.39 is 0 Å². The maximum atomic E-state index is 13.2. The normalized spacial score (nSPS) is 23.9. The predicted molar refractivity (Wildman–Crippen MR) is 103 cm³/mol. The summed E-state index contributed by atoms with van der Waals surface area (Å²) in [6.07, 6.45) is 3.19. The van der Waals surface area contributed by atoms with Gasteiger partial charge >= 0.3 is 0 Å². The molecule has 1 N–H and O–H groups in total. The Labute approximate surface area is 165 Å². The van der Waals surface area contributed by atoms with Crippen molar-refractivity contribution in [2.24, 2.45) is 5.92 Å². The third kappa shape index (κ3) is 3.28. The summed E-state index contributed by atoms with van der Waals surface area (Å²) in [5.74, 6) is 0.600. The van der Waals surface area contributed by atoms with Gasteiger partial charge in [0.25, 0.3) is 5.56 Å². The molecule has 0 spiro atoms. The Morgan fingerprint density at radius 1 is 0.963 bits per heavy atom. The van der Waals surface area contributed by atoms with Crippen molar-refractivity contribution in [2.75, 3.05) is 19.6 Å². The topological polar surface area (TPSA) is 39.3 Å². The van der Waals surface area contributed by atoms with Crippen molar-refractivity contribution >= 4 is 10.8 Å². The van der Waals surface area contributed by atoms with Gasteiger partial charge in [-0.15, -0.1) is 0 Å². The van der Waals surface area contributed by atoms with Gasteiger partial charge in [0, 0.05) is 24.6 Å². The molecule has 2 aromatic carbocycles. The highest BCUT2D eigenvalue weighted by molar-refractivity contribution is 5.83. The van der Waals surface area contributed by atoms with Gasteiger partial charge in [0.1, 0.15) is 12.6 Å². The Bertz CT molecular complexity index is 993. The van der Waals surface area contributed by atoms with Gasteiger partial charge in [0.2, 0.25) is 0 Å². The van der Waals surface area contributed by atoms with E-state index in [1.807, 2.05) is 35.0 Å². The first-order chi connectivity index (χ1) is 12.8. The minimum absolute atomic E-state index is 0. The maximum absolute atomic E-state index is 13.2. The van der Waals surface area contributed by atoms with Crippen LogP contribution in [0.4, 0.5) is 0 Å². The largest absolute Gasteiger partial charge is 1.00 e. The van der Waals surface area contributed by atoms with Crippen LogP contribution >= 0.6 is 0 Å². The Balaban J connectivity index is 0.00000180. The molecule has 0 radical (unpaired) electrons. The van der Waals surface area contributed by atoms with E-state index in [0.717, 1.165) is 29.4 Å². The van der Waals surface area contributed by atoms with Crippen molar-refractivity contribution in [1.82, 2.24) is 9.78 Å². The summed E-state index contributed by atoms with van der Waals surface area (Å²) in [6, 6.07) is 18.6. The molecule has 6 rings (SSSR count). The third-order valence-electron chi connectivity index (χ3n) is 6.21. The highest BCUT2D eigenvalue weighted by Gasteiger charge is 2.39. The van der Waals surface area contributed by atoms with Crippen molar-refractivity contribution in [1.29, 1.82) is 0 Å². The zero-order chi connectivity index (χ0) is 17.5. The summed E-state index contributed by atoms with van der Waals surface area (Å²) in [7, 11) is 0. The number of fused-ring (bicyclic) bond motifs is 4. The van der Waals surface area contributed by atoms with Crippen molar-refractivity contribution < 1.29 is 17.3 Å². The van der Waals surface area contributed by atoms with Gasteiger partial charge in [-0.1, -0.05) is 48.5 Å². The van der Waals surface area contributed by atoms with E-state index in [1.54, 1.807) is 4.90 Å². The van der Waals surface area contributed by atoms with E-state index in [9.17, 15) is 4.79 Å². The molecule has 0 amide bonds. The molecule has 3 aliphatic heterocycles. The highest BCUT2D eigenvalue weighted by atomic mass is 35.5. The molecular formula is C22H24ClN3O. The fraction of sp³-hybridized carbons (Fsp3) is 0.364. The van der Waals surface area contributed by atoms with E-state index in [-0.39, 0.29) is 24.0 Å². The number of hydrogen-bond acceptors (Lipinski definition) is 2. The Morgan fingerprint density at radius 3 is 2.30 bits per heavy atom. The smallest absolute Gasteiger partial charge is 0.275 e. The van der Waals surface area contributed by atoms with Crippen LogP contribution in [0.3, 0.4) is 0 Å². The summed E-state index contributed by atoms with van der Waals surface area (Å²) in [6.45, 7) is 3.54. The van der Waals surface area contributed by atoms with Crippen LogP contribution in [0.15, 0.2) is 59.4 Å². The zero-order valence-electron chi connectivity index (χ0n) is 15.3. The number of piperidine rings is 3. The molecule has 4 nitrogen and oxygen atoms in total. The summed E-state index contributed by atoms with van der Waals surface area (Å²) < 4.78 is 1.84. The highest BCUT2D eigenvalue weighted by Crippen LogP contribution is 2.28. The van der Waals surface area contributed by atoms with Crippen LogP contribution in [0.5, 0.6) is 0 Å². The molecule has 27 heavy (non-hydrogen) atoms. The molecule has 4 heterocycles. The number of quaternary nitrogens is 1. The van der Waals surface area contributed by atoms with Gasteiger partial charge in [-0.25, -0.2) is 4.68 Å². The van der Waals surface area contributed by atoms with Crippen LogP contribution in [0.25, 0.3) is 10.8 Å². The fourth-order valence-corrected chi connectivity index (χ4v) is 4.80. The van der Waals surface area contributed by atoms with Crippen LogP contribution in [0, 0.1) is 5.92 Å². The summed E-state index contributed by atoms with van der Waals surface area (Å²) in [5, 5.41) is 6.73. The predicted octanol–water partition coefficient (Wildman–Crippen LogP) is -1.16. The van der Waals surface area contributed by atoms with Gasteiger partial charge in [-0.05, 0) is 17.5 Å². The van der Waals surface area contributed by atoms with Gasteiger partial charge < -0.3 is 17.3 Å². The van der Waals surface area contributed by atoms with Gasteiger partial charge in [0.05, 0.1) is 24.2 Å². The van der Waals surface area contributed by atoms with Gasteiger partial charge in [-0.2, -0.15) is 5.10 Å². The van der Waals surface area contributed by atoms with Crippen LogP contribution < -0.4 is 22.9 Å². The number of rotatable bonds is 3. The van der Waals surface area contributed by atoms with Crippen LogP contribution in [-0.4, -0.2) is 29.4 Å². The number of nitrogens with one attached hydrogen (secondary N) is 1. The lowest BCUT2D eigenvalue weighted by Crippen LogP contribution is -3.15. The van der Waals surface area contributed by atoms with Crippen molar-refractivity contribution in [3.8, 4) is 0 Å². The third-order valence-corrected chi connectivity index (χ3v) is 6.21. The molecular weight excluding hydrogens is 358 g/mol. The second-order valence-corrected chi connectivity index (χ2v) is 7.76. The lowest BCUT2D eigenvalue weighted by molar-refractivity contribution is -0.919. The van der Waals surface area contributed by atoms with E-state index in [2.05, 4.69) is 24.3 Å². The molecule has 1 unspecified atom stereocenters. The lowest BCUT2D eigenvalue weighted by Gasteiger charge is -2.41. The minimum atomic E-state index is 0. The molecule has 3 aromatic rings.